The summed E-state index contributed by atoms with van der Waals surface area (Å²) >= 11 is 0. The van der Waals surface area contributed by atoms with E-state index in [1.54, 1.807) is 6.08 Å². The smallest absolute Gasteiger partial charge is 0.141 e. The first kappa shape index (κ1) is 10.4. The van der Waals surface area contributed by atoms with Crippen molar-refractivity contribution in [1.82, 2.24) is 0 Å². The molecular weight excluding hydrogens is 168 g/mol. The zero-order chi connectivity index (χ0) is 10.1. The van der Waals surface area contributed by atoms with E-state index in [2.05, 4.69) is 20.1 Å². The molecule has 0 amide bonds. The summed E-state index contributed by atoms with van der Waals surface area (Å²) in [6.07, 6.45) is 0.282. The molecule has 0 aliphatic heterocycles. The van der Waals surface area contributed by atoms with Crippen molar-refractivity contribution in [3.05, 3.63) is 31.7 Å². The van der Waals surface area contributed by atoms with E-state index in [1.165, 1.54) is 0 Å². The van der Waals surface area contributed by atoms with Gasteiger partial charge in [-0.25, -0.2) is 5.11 Å². The second-order valence-electron chi connectivity index (χ2n) is 3.23. The Hall–Kier alpha value is -0.640. The van der Waals surface area contributed by atoms with Crippen molar-refractivity contribution in [2.75, 3.05) is 6.61 Å². The average Bonchev–Trinajstić information content (AvgIpc) is 2.10. The minimum atomic E-state index is -1.48. The summed E-state index contributed by atoms with van der Waals surface area (Å²) in [5, 5.41) is 20.9. The second-order valence-corrected chi connectivity index (χ2v) is 3.23. The van der Waals surface area contributed by atoms with Crippen molar-refractivity contribution in [2.24, 2.45) is 0 Å². The fourth-order valence-electron chi connectivity index (χ4n) is 1.44. The quantitative estimate of drug-likeness (QED) is 0.656. The van der Waals surface area contributed by atoms with Crippen LogP contribution in [0, 0.1) is 6.92 Å². The van der Waals surface area contributed by atoms with Gasteiger partial charge in [-0.15, -0.1) is 6.58 Å². The van der Waals surface area contributed by atoms with Crippen LogP contribution in [-0.2, 0) is 9.84 Å². The summed E-state index contributed by atoms with van der Waals surface area (Å²) in [5.41, 5.74) is -0.972. The summed E-state index contributed by atoms with van der Waals surface area (Å²) in [6, 6.07) is 0. The SMILES string of the molecule is [CH2]C([O])C1(O)C(=C)CC1OCC=C. The first-order chi connectivity index (χ1) is 6.03. The Labute approximate surface area is 78.3 Å². The molecule has 1 saturated carbocycles. The molecule has 1 N–H and O–H groups in total. The third-order valence-electron chi connectivity index (χ3n) is 2.40. The van der Waals surface area contributed by atoms with Crippen LogP contribution in [0.5, 0.6) is 0 Å². The molecule has 1 fully saturated rings. The van der Waals surface area contributed by atoms with Crippen LogP contribution >= 0.6 is 0 Å². The second kappa shape index (κ2) is 3.62. The van der Waals surface area contributed by atoms with Gasteiger partial charge in [0, 0.05) is 6.42 Å². The molecule has 0 aromatic carbocycles. The lowest BCUT2D eigenvalue weighted by Crippen LogP contribution is -2.61. The number of aliphatic hydroxyl groups is 1. The lowest BCUT2D eigenvalue weighted by molar-refractivity contribution is -0.178. The Balaban J connectivity index is 2.59. The molecule has 1 aliphatic carbocycles. The molecule has 3 heteroatoms. The van der Waals surface area contributed by atoms with Gasteiger partial charge in [-0.1, -0.05) is 12.7 Å². The fourth-order valence-corrected chi connectivity index (χ4v) is 1.44. The van der Waals surface area contributed by atoms with E-state index in [9.17, 15) is 10.2 Å². The van der Waals surface area contributed by atoms with Gasteiger partial charge in [0.15, 0.2) is 0 Å². The van der Waals surface area contributed by atoms with Crippen LogP contribution in [0.25, 0.3) is 0 Å². The molecule has 3 nitrogen and oxygen atoms in total. The highest BCUT2D eigenvalue weighted by molar-refractivity contribution is 5.30. The molecule has 1 rings (SSSR count). The zero-order valence-electron chi connectivity index (χ0n) is 7.53. The van der Waals surface area contributed by atoms with Crippen LogP contribution in [0.15, 0.2) is 24.8 Å². The fraction of sp³-hybridized carbons (Fsp3) is 0.500. The summed E-state index contributed by atoms with van der Waals surface area (Å²) < 4.78 is 5.21. The highest BCUT2D eigenvalue weighted by atomic mass is 16.5. The predicted octanol–water partition coefficient (Wildman–Crippen LogP) is 0.882. The molecule has 3 unspecified atom stereocenters. The van der Waals surface area contributed by atoms with E-state index in [1.807, 2.05) is 0 Å². The maximum absolute atomic E-state index is 11.1. The van der Waals surface area contributed by atoms with Gasteiger partial charge < -0.3 is 9.84 Å². The molecule has 0 aromatic heterocycles. The molecule has 1 aliphatic rings. The van der Waals surface area contributed by atoms with Crippen LogP contribution in [0.3, 0.4) is 0 Å². The molecular formula is C10H14O3. The molecule has 0 saturated heterocycles. The molecule has 2 radical (unpaired) electrons. The van der Waals surface area contributed by atoms with E-state index >= 15 is 0 Å². The van der Waals surface area contributed by atoms with Crippen molar-refractivity contribution in [2.45, 2.75) is 24.2 Å². The summed E-state index contributed by atoms with van der Waals surface area (Å²) in [5.74, 6) is 0. The van der Waals surface area contributed by atoms with E-state index in [0.717, 1.165) is 0 Å². The number of ether oxygens (including phenoxy) is 1. The molecule has 0 heterocycles. The van der Waals surface area contributed by atoms with Crippen molar-refractivity contribution < 1.29 is 14.9 Å². The Morgan fingerprint density at radius 2 is 2.46 bits per heavy atom. The topological polar surface area (TPSA) is 49.4 Å². The Bertz CT molecular complexity index is 222. The van der Waals surface area contributed by atoms with E-state index in [0.29, 0.717) is 18.6 Å². The van der Waals surface area contributed by atoms with E-state index in [-0.39, 0.29) is 0 Å². The summed E-state index contributed by atoms with van der Waals surface area (Å²) in [7, 11) is 0. The van der Waals surface area contributed by atoms with Gasteiger partial charge in [0.25, 0.3) is 0 Å². The maximum atomic E-state index is 11.1. The molecule has 0 spiro atoms. The minimum Gasteiger partial charge on any atom is -0.380 e. The highest BCUT2D eigenvalue weighted by Crippen LogP contribution is 2.41. The molecule has 72 valence electrons. The van der Waals surface area contributed by atoms with Crippen LogP contribution in [-0.4, -0.2) is 29.5 Å². The number of rotatable bonds is 4. The highest BCUT2D eigenvalue weighted by Gasteiger charge is 2.53. The van der Waals surface area contributed by atoms with Gasteiger partial charge in [-0.2, -0.15) is 0 Å². The first-order valence-electron chi connectivity index (χ1n) is 4.15. The molecule has 13 heavy (non-hydrogen) atoms. The van der Waals surface area contributed by atoms with Crippen LogP contribution < -0.4 is 0 Å². The van der Waals surface area contributed by atoms with E-state index < -0.39 is 17.8 Å². The van der Waals surface area contributed by atoms with Gasteiger partial charge in [-0.3, -0.25) is 0 Å². The third-order valence-corrected chi connectivity index (χ3v) is 2.40. The Morgan fingerprint density at radius 3 is 2.85 bits per heavy atom. The third kappa shape index (κ3) is 1.55. The summed E-state index contributed by atoms with van der Waals surface area (Å²) in [6.45, 7) is 10.7. The van der Waals surface area contributed by atoms with Crippen molar-refractivity contribution in [3.8, 4) is 0 Å². The molecule has 0 aromatic rings. The first-order valence-corrected chi connectivity index (χ1v) is 4.15. The van der Waals surface area contributed by atoms with Crippen LogP contribution in [0.4, 0.5) is 0 Å². The Morgan fingerprint density at radius 1 is 1.85 bits per heavy atom. The van der Waals surface area contributed by atoms with Crippen molar-refractivity contribution in [1.29, 1.82) is 0 Å². The largest absolute Gasteiger partial charge is 0.380 e. The monoisotopic (exact) mass is 182 g/mol. The van der Waals surface area contributed by atoms with Crippen LogP contribution in [0.2, 0.25) is 0 Å². The maximum Gasteiger partial charge on any atom is 0.141 e. The summed E-state index contributed by atoms with van der Waals surface area (Å²) in [4.78, 5) is 0. The van der Waals surface area contributed by atoms with Gasteiger partial charge >= 0.3 is 0 Å². The van der Waals surface area contributed by atoms with Gasteiger partial charge in [0.2, 0.25) is 0 Å². The van der Waals surface area contributed by atoms with Gasteiger partial charge in [-0.05, 0) is 12.5 Å². The minimum absolute atomic E-state index is 0.326. The molecule has 0 bridgehead atoms. The van der Waals surface area contributed by atoms with Gasteiger partial charge in [0.1, 0.15) is 11.7 Å². The average molecular weight is 182 g/mol. The normalized spacial score (nSPS) is 35.3. The number of hydrogen-bond donors (Lipinski definition) is 1. The molecule has 3 atom stereocenters. The van der Waals surface area contributed by atoms with Crippen molar-refractivity contribution >= 4 is 0 Å². The van der Waals surface area contributed by atoms with Crippen molar-refractivity contribution in [3.63, 3.8) is 0 Å². The lowest BCUT2D eigenvalue weighted by Gasteiger charge is -2.47. The standard InChI is InChI=1S/C10H14O3/c1-4-5-13-9-6-7(2)10(9,12)8(3)11/h4,8-9,12H,1-3,5-6H2. The Kier molecular flexibility index (Phi) is 2.91. The van der Waals surface area contributed by atoms with Gasteiger partial charge in [0.05, 0.1) is 12.7 Å². The lowest BCUT2D eigenvalue weighted by atomic mass is 9.69. The number of hydrogen-bond acceptors (Lipinski definition) is 2. The van der Waals surface area contributed by atoms with E-state index in [4.69, 9.17) is 4.74 Å². The predicted molar refractivity (Wildman–Crippen MR) is 48.5 cm³/mol. The zero-order valence-corrected chi connectivity index (χ0v) is 7.53. The van der Waals surface area contributed by atoms with Crippen LogP contribution in [0.1, 0.15) is 6.42 Å².